The van der Waals surface area contributed by atoms with Gasteiger partial charge in [-0.05, 0) is 42.0 Å². The van der Waals surface area contributed by atoms with Crippen LogP contribution in [0.4, 0.5) is 4.39 Å². The van der Waals surface area contributed by atoms with Crippen LogP contribution in [0.25, 0.3) is 10.9 Å². The quantitative estimate of drug-likeness (QED) is 0.532. The minimum absolute atomic E-state index is 0.206. The first kappa shape index (κ1) is 19.2. The van der Waals surface area contributed by atoms with E-state index >= 15 is 0 Å². The summed E-state index contributed by atoms with van der Waals surface area (Å²) in [4.78, 5) is 17.5. The van der Waals surface area contributed by atoms with Gasteiger partial charge in [-0.25, -0.2) is 4.39 Å². The predicted molar refractivity (Wildman–Crippen MR) is 108 cm³/mol. The molecule has 2 aromatic carbocycles. The smallest absolute Gasteiger partial charge is 0.149 e. The maximum absolute atomic E-state index is 13.8. The molecule has 1 atom stereocenters. The van der Waals surface area contributed by atoms with Gasteiger partial charge in [-0.15, -0.1) is 0 Å². The van der Waals surface area contributed by atoms with Crippen molar-refractivity contribution in [2.45, 2.75) is 40.0 Å². The first-order chi connectivity index (χ1) is 12.9. The molecule has 0 radical (unpaired) electrons. The largest absolute Gasteiger partial charge is 0.299 e. The molecule has 0 aliphatic carbocycles. The van der Waals surface area contributed by atoms with Gasteiger partial charge in [0.2, 0.25) is 0 Å². The van der Waals surface area contributed by atoms with Crippen LogP contribution in [0.2, 0.25) is 0 Å². The molecule has 27 heavy (non-hydrogen) atoms. The van der Waals surface area contributed by atoms with Crippen LogP contribution in [0, 0.1) is 17.2 Å². The fourth-order valence-corrected chi connectivity index (χ4v) is 3.90. The van der Waals surface area contributed by atoms with Gasteiger partial charge in [0.25, 0.3) is 0 Å². The molecule has 2 nitrogen and oxygen atoms in total. The number of halogens is 1. The third-order valence-corrected chi connectivity index (χ3v) is 5.05. The number of carbonyl (C=O) groups excluding carboxylic acids is 1. The number of para-hydroxylation sites is 1. The van der Waals surface area contributed by atoms with E-state index in [-0.39, 0.29) is 11.6 Å². The number of benzene rings is 2. The van der Waals surface area contributed by atoms with Crippen molar-refractivity contribution in [3.8, 4) is 0 Å². The maximum atomic E-state index is 13.8. The van der Waals surface area contributed by atoms with Crippen molar-refractivity contribution in [2.75, 3.05) is 0 Å². The average Bonchev–Trinajstić information content (AvgIpc) is 2.62. The van der Waals surface area contributed by atoms with Gasteiger partial charge in [-0.1, -0.05) is 63.2 Å². The number of Topliss-reactive ketones (excluding diaryl/α,β-unsaturated/α-hetero) is 1. The Hall–Kier alpha value is -2.55. The highest BCUT2D eigenvalue weighted by atomic mass is 19.1. The van der Waals surface area contributed by atoms with E-state index in [1.165, 1.54) is 11.6 Å². The molecular weight excluding hydrogens is 337 g/mol. The van der Waals surface area contributed by atoms with Gasteiger partial charge >= 0.3 is 0 Å². The lowest BCUT2D eigenvalue weighted by atomic mass is 9.72. The Morgan fingerprint density at radius 1 is 1.07 bits per heavy atom. The van der Waals surface area contributed by atoms with Crippen LogP contribution < -0.4 is 0 Å². The summed E-state index contributed by atoms with van der Waals surface area (Å²) in [7, 11) is 0. The summed E-state index contributed by atoms with van der Waals surface area (Å²) in [6.07, 6.45) is 3.49. The molecule has 0 bridgehead atoms. The summed E-state index contributed by atoms with van der Waals surface area (Å²) in [6, 6.07) is 16.9. The van der Waals surface area contributed by atoms with Gasteiger partial charge in [-0.3, -0.25) is 9.78 Å². The lowest BCUT2D eigenvalue weighted by molar-refractivity contribution is -0.128. The normalized spacial score (nSPS) is 13.7. The lowest BCUT2D eigenvalue weighted by Crippen LogP contribution is -2.33. The van der Waals surface area contributed by atoms with Crippen LogP contribution in [0.1, 0.15) is 38.3 Å². The number of carbonyl (C=O) groups is 1. The van der Waals surface area contributed by atoms with E-state index in [1.54, 1.807) is 12.3 Å². The van der Waals surface area contributed by atoms with Crippen LogP contribution in [-0.4, -0.2) is 10.8 Å². The van der Waals surface area contributed by atoms with Crippen molar-refractivity contribution in [2.24, 2.45) is 11.3 Å². The molecule has 1 heterocycles. The zero-order valence-corrected chi connectivity index (χ0v) is 16.2. The molecule has 0 amide bonds. The number of rotatable bonds is 7. The van der Waals surface area contributed by atoms with Crippen LogP contribution >= 0.6 is 0 Å². The topological polar surface area (TPSA) is 30.0 Å². The van der Waals surface area contributed by atoms with Crippen molar-refractivity contribution < 1.29 is 9.18 Å². The highest BCUT2D eigenvalue weighted by molar-refractivity contribution is 5.88. The Kier molecular flexibility index (Phi) is 5.69. The average molecular weight is 363 g/mol. The van der Waals surface area contributed by atoms with Crippen LogP contribution in [0.3, 0.4) is 0 Å². The lowest BCUT2D eigenvalue weighted by Gasteiger charge is -2.30. The van der Waals surface area contributed by atoms with Crippen molar-refractivity contribution in [3.05, 3.63) is 77.7 Å². The van der Waals surface area contributed by atoms with Crippen molar-refractivity contribution in [1.29, 1.82) is 0 Å². The number of ketones is 1. The second-order valence-corrected chi connectivity index (χ2v) is 8.08. The number of hydrogen-bond donors (Lipinski definition) is 0. The first-order valence-electron chi connectivity index (χ1n) is 9.48. The predicted octanol–water partition coefficient (Wildman–Crippen LogP) is 5.78. The minimum atomic E-state index is -0.438. The summed E-state index contributed by atoms with van der Waals surface area (Å²) in [6.45, 7) is 6.37. The zero-order chi connectivity index (χ0) is 19.4. The molecule has 0 saturated carbocycles. The fraction of sp³-hybridized carbons (Fsp3) is 0.333. The molecule has 1 aromatic heterocycles. The van der Waals surface area contributed by atoms with Gasteiger partial charge in [0.15, 0.2) is 0 Å². The van der Waals surface area contributed by atoms with E-state index in [2.05, 4.69) is 37.9 Å². The highest BCUT2D eigenvalue weighted by Gasteiger charge is 2.33. The molecule has 1 unspecified atom stereocenters. The molecule has 3 rings (SSSR count). The fourth-order valence-electron chi connectivity index (χ4n) is 3.90. The Morgan fingerprint density at radius 2 is 1.81 bits per heavy atom. The second-order valence-electron chi connectivity index (χ2n) is 8.08. The van der Waals surface area contributed by atoms with Crippen LogP contribution in [0.15, 0.2) is 60.8 Å². The third kappa shape index (κ3) is 4.60. The first-order valence-corrected chi connectivity index (χ1v) is 9.48. The molecule has 0 aliphatic rings. The summed E-state index contributed by atoms with van der Waals surface area (Å²) in [5.41, 5.74) is 1.92. The SMILES string of the molecule is CC(C)CC(C)(Cc1ccccc1)C(=O)Cc1cnc2c(F)cccc2c1. The Balaban J connectivity index is 1.85. The van der Waals surface area contributed by atoms with E-state index in [0.29, 0.717) is 17.9 Å². The van der Waals surface area contributed by atoms with Crippen molar-refractivity contribution in [3.63, 3.8) is 0 Å². The molecule has 0 fully saturated rings. The maximum Gasteiger partial charge on any atom is 0.149 e. The van der Waals surface area contributed by atoms with Gasteiger partial charge in [0, 0.05) is 23.4 Å². The van der Waals surface area contributed by atoms with Crippen molar-refractivity contribution >= 4 is 16.7 Å². The highest BCUT2D eigenvalue weighted by Crippen LogP contribution is 2.33. The van der Waals surface area contributed by atoms with Crippen LogP contribution in [-0.2, 0) is 17.6 Å². The third-order valence-electron chi connectivity index (χ3n) is 5.05. The Morgan fingerprint density at radius 3 is 2.52 bits per heavy atom. The molecule has 0 aliphatic heterocycles. The molecule has 0 N–H and O–H groups in total. The summed E-state index contributed by atoms with van der Waals surface area (Å²) < 4.78 is 13.8. The van der Waals surface area contributed by atoms with Gasteiger partial charge < -0.3 is 0 Å². The van der Waals surface area contributed by atoms with Gasteiger partial charge in [-0.2, -0.15) is 0 Å². The summed E-state index contributed by atoms with van der Waals surface area (Å²) >= 11 is 0. The number of fused-ring (bicyclic) bond motifs is 1. The van der Waals surface area contributed by atoms with E-state index < -0.39 is 5.41 Å². The second kappa shape index (κ2) is 7.99. The number of nitrogens with zero attached hydrogens (tertiary/aromatic N) is 1. The number of hydrogen-bond acceptors (Lipinski definition) is 2. The van der Waals surface area contributed by atoms with E-state index in [1.807, 2.05) is 30.3 Å². The number of pyridine rings is 1. The molecular formula is C24H26FNO. The van der Waals surface area contributed by atoms with Gasteiger partial charge in [0.1, 0.15) is 17.1 Å². The molecule has 3 heteroatoms. The molecule has 140 valence electrons. The monoisotopic (exact) mass is 363 g/mol. The summed E-state index contributed by atoms with van der Waals surface area (Å²) in [5, 5.41) is 0.730. The minimum Gasteiger partial charge on any atom is -0.299 e. The zero-order valence-electron chi connectivity index (χ0n) is 16.2. The van der Waals surface area contributed by atoms with Crippen LogP contribution in [0.5, 0.6) is 0 Å². The Bertz CT molecular complexity index is 936. The number of aromatic nitrogens is 1. The van der Waals surface area contributed by atoms with Gasteiger partial charge in [0.05, 0.1) is 0 Å². The Labute approximate surface area is 160 Å². The molecule has 3 aromatic rings. The molecule has 0 spiro atoms. The van der Waals surface area contributed by atoms with E-state index in [4.69, 9.17) is 0 Å². The summed E-state index contributed by atoms with van der Waals surface area (Å²) in [5.74, 6) is 0.295. The van der Waals surface area contributed by atoms with E-state index in [9.17, 15) is 9.18 Å². The molecule has 0 saturated heterocycles. The van der Waals surface area contributed by atoms with E-state index in [0.717, 1.165) is 23.8 Å². The van der Waals surface area contributed by atoms with Crippen molar-refractivity contribution in [1.82, 2.24) is 4.98 Å². The standard InChI is InChI=1S/C24H26FNO/c1-17(2)14-24(3,15-18-8-5-4-6-9-18)22(27)13-19-12-20-10-7-11-21(25)23(20)26-16-19/h4-12,16-17H,13-15H2,1-3H3.